The molecule has 0 radical (unpaired) electrons. The Morgan fingerprint density at radius 2 is 1.29 bits per heavy atom. The van der Waals surface area contributed by atoms with Gasteiger partial charge in [0.05, 0.1) is 18.6 Å². The van der Waals surface area contributed by atoms with Crippen molar-refractivity contribution in [3.05, 3.63) is 102 Å². The molecule has 0 bridgehead atoms. The minimum absolute atomic E-state index is 0.0948. The van der Waals surface area contributed by atoms with Gasteiger partial charge in [-0.3, -0.25) is 24.0 Å². The van der Waals surface area contributed by atoms with Crippen LogP contribution in [0.2, 0.25) is 0 Å². The lowest BCUT2D eigenvalue weighted by molar-refractivity contribution is -0.133. The summed E-state index contributed by atoms with van der Waals surface area (Å²) in [6, 6.07) is 20.5. The van der Waals surface area contributed by atoms with Gasteiger partial charge in [0.1, 0.15) is 23.9 Å². The number of nitrogens with two attached hydrogens (primary N) is 1. The number of rotatable bonds is 18. The molecule has 8 N–H and O–H groups in total. The highest BCUT2D eigenvalue weighted by Crippen LogP contribution is 2.12. The van der Waals surface area contributed by atoms with Crippen LogP contribution >= 0.6 is 11.8 Å². The monoisotopic (exact) mass is 690 g/mol. The minimum Gasteiger partial charge on any atom is -0.508 e. The second-order valence-corrected chi connectivity index (χ2v) is 12.7. The number of hydrogen-bond donors (Lipinski definition) is 7. The fraction of sp³-hybridized carbons (Fsp3) is 0.361. The molecule has 1 unspecified atom stereocenters. The number of aromatic hydroxyl groups is 1. The number of thioether (sulfide) groups is 1. The van der Waals surface area contributed by atoms with Crippen LogP contribution in [-0.2, 0) is 36.8 Å². The van der Waals surface area contributed by atoms with Gasteiger partial charge in [0.2, 0.25) is 29.5 Å². The lowest BCUT2D eigenvalue weighted by Crippen LogP contribution is -2.57. The van der Waals surface area contributed by atoms with Crippen LogP contribution in [0.25, 0.3) is 0 Å². The summed E-state index contributed by atoms with van der Waals surface area (Å²) in [5.74, 6) is -2.03. The molecule has 0 aliphatic carbocycles. The third kappa shape index (κ3) is 13.3. The number of phenolic OH excluding ortho intramolecular Hbond substituents is 1. The highest BCUT2D eigenvalue weighted by molar-refractivity contribution is 7.98. The Morgan fingerprint density at radius 1 is 0.694 bits per heavy atom. The van der Waals surface area contributed by atoms with E-state index in [0.717, 1.165) is 16.7 Å². The third-order valence-electron chi connectivity index (χ3n) is 7.74. The molecule has 5 amide bonds. The van der Waals surface area contributed by atoms with Gasteiger partial charge in [-0.25, -0.2) is 0 Å². The maximum Gasteiger partial charge on any atom is 0.243 e. The van der Waals surface area contributed by atoms with Gasteiger partial charge in [0, 0.05) is 6.42 Å². The van der Waals surface area contributed by atoms with E-state index in [1.165, 1.54) is 30.8 Å². The summed E-state index contributed by atoms with van der Waals surface area (Å²) >= 11 is 1.49. The molecule has 13 heteroatoms. The smallest absolute Gasteiger partial charge is 0.243 e. The first-order valence-electron chi connectivity index (χ1n) is 16.1. The van der Waals surface area contributed by atoms with Crippen molar-refractivity contribution in [2.75, 3.05) is 18.6 Å². The summed E-state index contributed by atoms with van der Waals surface area (Å²) in [5, 5.41) is 23.0. The molecular weight excluding hydrogens is 644 g/mol. The number of phenols is 1. The summed E-state index contributed by atoms with van der Waals surface area (Å²) in [4.78, 5) is 65.4. The number of benzene rings is 3. The summed E-state index contributed by atoms with van der Waals surface area (Å²) in [6.45, 7) is 3.02. The van der Waals surface area contributed by atoms with Gasteiger partial charge in [-0.1, -0.05) is 72.8 Å². The molecule has 3 aromatic rings. The second kappa shape index (κ2) is 19.8. The highest BCUT2D eigenvalue weighted by atomic mass is 32.2. The van der Waals surface area contributed by atoms with E-state index in [2.05, 4.69) is 26.6 Å². The zero-order valence-corrected chi connectivity index (χ0v) is 28.8. The molecule has 5 atom stereocenters. The summed E-state index contributed by atoms with van der Waals surface area (Å²) in [7, 11) is 0. The van der Waals surface area contributed by atoms with Crippen LogP contribution in [0.4, 0.5) is 0 Å². The van der Waals surface area contributed by atoms with Crippen molar-refractivity contribution >= 4 is 41.3 Å². The highest BCUT2D eigenvalue weighted by Gasteiger charge is 2.29. The topological polar surface area (TPSA) is 192 Å². The maximum absolute atomic E-state index is 13.3. The standard InChI is InChI=1S/C36H46N6O6S/c1-23(27-12-8-5-9-13-27)39-32(44)22-38-35(47)31(21-25-10-6-4-7-11-25)42-33(45)24(2)40-36(48)30(18-19-49-3)41-34(46)29(37)20-26-14-16-28(43)17-15-26/h4-17,23-24,29-31,43H,18-22,37H2,1-3H3,(H,38,47)(H,39,44)(H,40,48)(H,41,46)(H,42,45)/t23?,24-,29-,30+,31-/m0/s1. The van der Waals surface area contributed by atoms with Gasteiger partial charge in [-0.2, -0.15) is 11.8 Å². The van der Waals surface area contributed by atoms with Crippen molar-refractivity contribution in [2.24, 2.45) is 5.73 Å². The van der Waals surface area contributed by atoms with Gasteiger partial charge in [-0.15, -0.1) is 0 Å². The Morgan fingerprint density at radius 3 is 1.92 bits per heavy atom. The molecule has 12 nitrogen and oxygen atoms in total. The molecule has 0 fully saturated rings. The van der Waals surface area contributed by atoms with Crippen LogP contribution in [0.15, 0.2) is 84.9 Å². The average molecular weight is 691 g/mol. The van der Waals surface area contributed by atoms with Gasteiger partial charge in [0.25, 0.3) is 0 Å². The zero-order valence-electron chi connectivity index (χ0n) is 28.0. The van der Waals surface area contributed by atoms with Crippen molar-refractivity contribution in [1.29, 1.82) is 0 Å². The fourth-order valence-corrected chi connectivity index (χ4v) is 5.38. The van der Waals surface area contributed by atoms with Crippen LogP contribution in [0.3, 0.4) is 0 Å². The predicted molar refractivity (Wildman–Crippen MR) is 190 cm³/mol. The van der Waals surface area contributed by atoms with Crippen LogP contribution in [0.1, 0.15) is 43.0 Å². The van der Waals surface area contributed by atoms with E-state index in [4.69, 9.17) is 5.73 Å². The normalized spacial score (nSPS) is 13.9. The van der Waals surface area contributed by atoms with Crippen molar-refractivity contribution < 1.29 is 29.1 Å². The summed E-state index contributed by atoms with van der Waals surface area (Å²) in [6.07, 6.45) is 2.50. The Labute approximate surface area is 291 Å². The van der Waals surface area contributed by atoms with Crippen LogP contribution < -0.4 is 32.3 Å². The quantitative estimate of drug-likeness (QED) is 0.105. The van der Waals surface area contributed by atoms with Gasteiger partial charge in [0.15, 0.2) is 0 Å². The molecule has 262 valence electrons. The molecule has 49 heavy (non-hydrogen) atoms. The molecule has 0 saturated carbocycles. The molecule has 3 aromatic carbocycles. The number of carbonyl (C=O) groups is 5. The van der Waals surface area contributed by atoms with E-state index in [-0.39, 0.29) is 31.2 Å². The van der Waals surface area contributed by atoms with E-state index >= 15 is 0 Å². The molecule has 0 saturated heterocycles. The molecule has 0 aliphatic rings. The molecule has 0 aliphatic heterocycles. The second-order valence-electron chi connectivity index (χ2n) is 11.7. The lowest BCUT2D eigenvalue weighted by atomic mass is 10.0. The van der Waals surface area contributed by atoms with Crippen molar-refractivity contribution in [3.63, 3.8) is 0 Å². The maximum atomic E-state index is 13.3. The average Bonchev–Trinajstić information content (AvgIpc) is 3.10. The van der Waals surface area contributed by atoms with Gasteiger partial charge < -0.3 is 37.4 Å². The van der Waals surface area contributed by atoms with Gasteiger partial charge in [-0.05, 0) is 67.5 Å². The van der Waals surface area contributed by atoms with E-state index in [1.807, 2.05) is 73.8 Å². The molecule has 3 rings (SSSR count). The van der Waals surface area contributed by atoms with E-state index in [0.29, 0.717) is 12.2 Å². The SMILES string of the molecule is CSCC[C@@H](NC(=O)[C@@H](N)Cc1ccc(O)cc1)C(=O)N[C@@H](C)C(=O)N[C@@H](Cc1ccccc1)C(=O)NCC(=O)NC(C)c1ccccc1. The summed E-state index contributed by atoms with van der Waals surface area (Å²) < 4.78 is 0. The predicted octanol–water partition coefficient (Wildman–Crippen LogP) is 1.73. The minimum atomic E-state index is -1.06. The van der Waals surface area contributed by atoms with Crippen molar-refractivity contribution in [1.82, 2.24) is 26.6 Å². The van der Waals surface area contributed by atoms with Crippen LogP contribution in [0, 0.1) is 0 Å². The first kappa shape index (κ1) is 38.6. The van der Waals surface area contributed by atoms with Gasteiger partial charge >= 0.3 is 0 Å². The zero-order chi connectivity index (χ0) is 35.8. The summed E-state index contributed by atoms with van der Waals surface area (Å²) in [5.41, 5.74) is 8.56. The largest absolute Gasteiger partial charge is 0.508 e. The van der Waals surface area contributed by atoms with Crippen LogP contribution in [0.5, 0.6) is 5.75 Å². The number of amides is 5. The van der Waals surface area contributed by atoms with E-state index in [1.54, 1.807) is 12.1 Å². The van der Waals surface area contributed by atoms with Crippen molar-refractivity contribution in [2.45, 2.75) is 63.3 Å². The number of nitrogens with one attached hydrogen (secondary N) is 5. The first-order valence-corrected chi connectivity index (χ1v) is 17.5. The molecule has 0 aromatic heterocycles. The third-order valence-corrected chi connectivity index (χ3v) is 8.38. The Balaban J connectivity index is 1.60. The molecule has 0 heterocycles. The Bertz CT molecular complexity index is 1530. The van der Waals surface area contributed by atoms with Crippen LogP contribution in [-0.4, -0.2) is 77.4 Å². The Hall–Kier alpha value is -4.88. The molecular formula is C36H46N6O6S. The van der Waals surface area contributed by atoms with E-state index < -0.39 is 53.7 Å². The van der Waals surface area contributed by atoms with E-state index in [9.17, 15) is 29.1 Å². The molecule has 0 spiro atoms. The number of carbonyl (C=O) groups excluding carboxylic acids is 5. The first-order chi connectivity index (χ1) is 23.5. The Kier molecular flexibility index (Phi) is 15.6. The number of hydrogen-bond acceptors (Lipinski definition) is 8. The van der Waals surface area contributed by atoms with Crippen molar-refractivity contribution in [3.8, 4) is 5.75 Å². The lowest BCUT2D eigenvalue weighted by Gasteiger charge is -2.24. The fourth-order valence-electron chi connectivity index (χ4n) is 4.91.